The van der Waals surface area contributed by atoms with Crippen molar-refractivity contribution in [3.05, 3.63) is 23.8 Å². The molecule has 0 fully saturated rings. The van der Waals surface area contributed by atoms with E-state index in [-0.39, 0.29) is 12.5 Å². The van der Waals surface area contributed by atoms with Gasteiger partial charge in [-0.15, -0.1) is 0 Å². The van der Waals surface area contributed by atoms with Crippen molar-refractivity contribution >= 4 is 11.9 Å². The maximum atomic E-state index is 11.9. The Kier molecular flexibility index (Phi) is 7.81. The van der Waals surface area contributed by atoms with Crippen LogP contribution in [0, 0.1) is 0 Å². The van der Waals surface area contributed by atoms with Crippen molar-refractivity contribution in [2.45, 2.75) is 26.7 Å². The van der Waals surface area contributed by atoms with E-state index in [0.29, 0.717) is 30.3 Å². The molecule has 1 amide bonds. The van der Waals surface area contributed by atoms with E-state index < -0.39 is 5.97 Å². The summed E-state index contributed by atoms with van der Waals surface area (Å²) < 4.78 is 16.0. The van der Waals surface area contributed by atoms with Gasteiger partial charge in [-0.25, -0.2) is 4.79 Å². The predicted molar refractivity (Wildman–Crippen MR) is 82.4 cm³/mol. The summed E-state index contributed by atoms with van der Waals surface area (Å²) in [5.74, 6) is 0.147. The van der Waals surface area contributed by atoms with Crippen LogP contribution in [0.3, 0.4) is 0 Å². The molecular formula is C16H23NO5. The number of hydrogen-bond donors (Lipinski definition) is 1. The van der Waals surface area contributed by atoms with E-state index in [1.54, 1.807) is 18.2 Å². The number of ether oxygens (including phenoxy) is 3. The quantitative estimate of drug-likeness (QED) is 0.559. The van der Waals surface area contributed by atoms with Gasteiger partial charge in [-0.05, 0) is 31.5 Å². The van der Waals surface area contributed by atoms with Gasteiger partial charge < -0.3 is 19.5 Å². The molecule has 0 aromatic heterocycles. The fraction of sp³-hybridized carbons (Fsp3) is 0.500. The van der Waals surface area contributed by atoms with Crippen LogP contribution in [0.15, 0.2) is 18.2 Å². The van der Waals surface area contributed by atoms with Crippen molar-refractivity contribution in [1.82, 2.24) is 5.32 Å². The maximum absolute atomic E-state index is 11.9. The lowest BCUT2D eigenvalue weighted by molar-refractivity contribution is -0.123. The highest BCUT2D eigenvalue weighted by Gasteiger charge is 2.14. The van der Waals surface area contributed by atoms with E-state index in [1.165, 1.54) is 7.05 Å². The lowest BCUT2D eigenvalue weighted by atomic mass is 10.2. The number of likely N-dealkylation sites (N-methyl/N-ethyl adjacent to an activating group) is 1. The summed E-state index contributed by atoms with van der Waals surface area (Å²) in [6.07, 6.45) is 1.98. The molecule has 6 nitrogen and oxygen atoms in total. The Hall–Kier alpha value is -2.24. The molecule has 0 atom stereocenters. The largest absolute Gasteiger partial charge is 0.490 e. The molecule has 0 aliphatic rings. The van der Waals surface area contributed by atoms with E-state index in [4.69, 9.17) is 14.2 Å². The highest BCUT2D eigenvalue weighted by molar-refractivity contribution is 5.92. The molecule has 22 heavy (non-hydrogen) atoms. The van der Waals surface area contributed by atoms with E-state index in [1.807, 2.05) is 6.92 Å². The van der Waals surface area contributed by atoms with Crippen LogP contribution in [0.25, 0.3) is 0 Å². The molecule has 0 saturated heterocycles. The second-order valence-electron chi connectivity index (χ2n) is 4.55. The Balaban J connectivity index is 2.77. The lowest BCUT2D eigenvalue weighted by Crippen LogP contribution is -2.25. The van der Waals surface area contributed by atoms with Gasteiger partial charge in [0.1, 0.15) is 0 Å². The monoisotopic (exact) mass is 309 g/mol. The fourth-order valence-corrected chi connectivity index (χ4v) is 1.64. The average Bonchev–Trinajstić information content (AvgIpc) is 2.54. The van der Waals surface area contributed by atoms with Gasteiger partial charge in [0.15, 0.2) is 18.1 Å². The predicted octanol–water partition coefficient (Wildman–Crippen LogP) is 2.17. The first kappa shape index (κ1) is 17.8. The van der Waals surface area contributed by atoms with Crippen molar-refractivity contribution in [1.29, 1.82) is 0 Å². The second-order valence-corrected chi connectivity index (χ2v) is 4.55. The van der Waals surface area contributed by atoms with Gasteiger partial charge in [0.05, 0.1) is 18.8 Å². The first-order valence-electron chi connectivity index (χ1n) is 7.39. The Morgan fingerprint density at radius 3 is 2.55 bits per heavy atom. The zero-order valence-electron chi connectivity index (χ0n) is 13.3. The van der Waals surface area contributed by atoms with Crippen molar-refractivity contribution in [2.24, 2.45) is 0 Å². The van der Waals surface area contributed by atoms with Crippen LogP contribution in [0.2, 0.25) is 0 Å². The fourth-order valence-electron chi connectivity index (χ4n) is 1.64. The standard InChI is InChI=1S/C16H23NO5/c1-4-6-9-21-13-8-7-12(10-14(13)20-5-2)16(19)22-11-15(18)17-3/h7-8,10H,4-6,9,11H2,1-3H3,(H,17,18). The van der Waals surface area contributed by atoms with Gasteiger partial charge >= 0.3 is 5.97 Å². The molecule has 1 N–H and O–H groups in total. The summed E-state index contributed by atoms with van der Waals surface area (Å²) in [7, 11) is 1.48. The molecule has 1 aromatic carbocycles. The van der Waals surface area contributed by atoms with E-state index in [2.05, 4.69) is 12.2 Å². The molecular weight excluding hydrogens is 286 g/mol. The third-order valence-electron chi connectivity index (χ3n) is 2.85. The molecule has 0 unspecified atom stereocenters. The third kappa shape index (κ3) is 5.63. The number of nitrogens with one attached hydrogen (secondary N) is 1. The van der Waals surface area contributed by atoms with Gasteiger partial charge in [0.2, 0.25) is 0 Å². The topological polar surface area (TPSA) is 73.9 Å². The van der Waals surface area contributed by atoms with Crippen molar-refractivity contribution < 1.29 is 23.8 Å². The van der Waals surface area contributed by atoms with E-state index in [9.17, 15) is 9.59 Å². The zero-order valence-corrected chi connectivity index (χ0v) is 13.3. The number of amides is 1. The molecule has 0 aliphatic heterocycles. The first-order valence-corrected chi connectivity index (χ1v) is 7.39. The Morgan fingerprint density at radius 2 is 1.91 bits per heavy atom. The number of esters is 1. The molecule has 0 aliphatic carbocycles. The Labute approximate surface area is 130 Å². The summed E-state index contributed by atoms with van der Waals surface area (Å²) in [5.41, 5.74) is 0.315. The third-order valence-corrected chi connectivity index (χ3v) is 2.85. The van der Waals surface area contributed by atoms with Crippen LogP contribution in [0.5, 0.6) is 11.5 Å². The maximum Gasteiger partial charge on any atom is 0.338 e. The molecule has 1 rings (SSSR count). The van der Waals surface area contributed by atoms with Gasteiger partial charge in [0.25, 0.3) is 5.91 Å². The number of carbonyl (C=O) groups excluding carboxylic acids is 2. The number of carbonyl (C=O) groups is 2. The minimum Gasteiger partial charge on any atom is -0.490 e. The molecule has 0 bridgehead atoms. The molecule has 0 spiro atoms. The number of hydrogen-bond acceptors (Lipinski definition) is 5. The summed E-state index contributed by atoms with van der Waals surface area (Å²) in [6, 6.07) is 4.84. The van der Waals surface area contributed by atoms with Gasteiger partial charge in [0, 0.05) is 7.05 Å². The Bertz CT molecular complexity index is 501. The number of unbranched alkanes of at least 4 members (excludes halogenated alkanes) is 1. The van der Waals surface area contributed by atoms with Crippen molar-refractivity contribution in [3.8, 4) is 11.5 Å². The lowest BCUT2D eigenvalue weighted by Gasteiger charge is -2.13. The van der Waals surface area contributed by atoms with E-state index >= 15 is 0 Å². The van der Waals surface area contributed by atoms with Crippen molar-refractivity contribution in [2.75, 3.05) is 26.9 Å². The summed E-state index contributed by atoms with van der Waals surface area (Å²) in [5, 5.41) is 2.38. The SMILES string of the molecule is CCCCOc1ccc(C(=O)OCC(=O)NC)cc1OCC. The summed E-state index contributed by atoms with van der Waals surface area (Å²) >= 11 is 0. The first-order chi connectivity index (χ1) is 10.6. The number of rotatable bonds is 9. The highest BCUT2D eigenvalue weighted by Crippen LogP contribution is 2.29. The van der Waals surface area contributed by atoms with Gasteiger partial charge in [-0.3, -0.25) is 4.79 Å². The van der Waals surface area contributed by atoms with Crippen LogP contribution in [0.1, 0.15) is 37.0 Å². The van der Waals surface area contributed by atoms with Crippen LogP contribution in [0.4, 0.5) is 0 Å². The number of benzene rings is 1. The molecule has 0 heterocycles. The van der Waals surface area contributed by atoms with Crippen LogP contribution < -0.4 is 14.8 Å². The molecule has 1 aromatic rings. The molecule has 122 valence electrons. The smallest absolute Gasteiger partial charge is 0.338 e. The van der Waals surface area contributed by atoms with Crippen LogP contribution in [-0.2, 0) is 9.53 Å². The minimum absolute atomic E-state index is 0.311. The minimum atomic E-state index is -0.579. The highest BCUT2D eigenvalue weighted by atomic mass is 16.5. The van der Waals surface area contributed by atoms with Gasteiger partial charge in [-0.2, -0.15) is 0 Å². The van der Waals surface area contributed by atoms with Crippen molar-refractivity contribution in [3.63, 3.8) is 0 Å². The van der Waals surface area contributed by atoms with E-state index in [0.717, 1.165) is 12.8 Å². The van der Waals surface area contributed by atoms with Crippen LogP contribution >= 0.6 is 0 Å². The zero-order chi connectivity index (χ0) is 16.4. The summed E-state index contributed by atoms with van der Waals surface area (Å²) in [4.78, 5) is 23.0. The average molecular weight is 309 g/mol. The Morgan fingerprint density at radius 1 is 1.14 bits per heavy atom. The molecule has 0 saturated carbocycles. The molecule has 0 radical (unpaired) electrons. The second kappa shape index (κ2) is 9.65. The summed E-state index contributed by atoms with van der Waals surface area (Å²) in [6.45, 7) is 4.68. The van der Waals surface area contributed by atoms with Crippen LogP contribution in [-0.4, -0.2) is 38.7 Å². The van der Waals surface area contributed by atoms with Gasteiger partial charge in [-0.1, -0.05) is 13.3 Å². The molecule has 6 heteroatoms. The normalized spacial score (nSPS) is 9.95.